The number of piperidine rings is 1. The zero-order chi connectivity index (χ0) is 15.0. The summed E-state index contributed by atoms with van der Waals surface area (Å²) in [5.74, 6) is -0.841. The van der Waals surface area contributed by atoms with E-state index in [0.717, 1.165) is 22.9 Å². The topological polar surface area (TPSA) is 55.4 Å². The fraction of sp³-hybridized carbons (Fsp3) is 0.500. The minimum absolute atomic E-state index is 0.0212. The predicted octanol–water partition coefficient (Wildman–Crippen LogP) is 2.76. The van der Waals surface area contributed by atoms with Crippen LogP contribution in [0.3, 0.4) is 0 Å². The van der Waals surface area contributed by atoms with Crippen molar-refractivity contribution in [1.29, 1.82) is 0 Å². The standard InChI is InChI=1S/C16H18BrNO3/c1-9-6-7-13(21-9)11-8-14(19)18-16(20)15(11)10-4-2-3-5-12(10)17/h2-5,9,11,13,15H,6-8H2,1H3,(H,18,19,20). The molecule has 2 amide bonds. The number of ether oxygens (including phenoxy) is 1. The average molecular weight is 352 g/mol. The summed E-state index contributed by atoms with van der Waals surface area (Å²) in [7, 11) is 0. The van der Waals surface area contributed by atoms with Crippen molar-refractivity contribution in [2.45, 2.75) is 44.3 Å². The van der Waals surface area contributed by atoms with Gasteiger partial charge in [0.15, 0.2) is 0 Å². The third kappa shape index (κ3) is 2.90. The summed E-state index contributed by atoms with van der Waals surface area (Å²) in [5.41, 5.74) is 0.927. The minimum atomic E-state index is -0.339. The highest BCUT2D eigenvalue weighted by atomic mass is 79.9. The first kappa shape index (κ1) is 14.7. The molecule has 4 unspecified atom stereocenters. The number of nitrogens with one attached hydrogen (secondary N) is 1. The number of hydrogen-bond donors (Lipinski definition) is 1. The lowest BCUT2D eigenvalue weighted by Crippen LogP contribution is -2.48. The number of amides is 2. The fourth-order valence-corrected chi connectivity index (χ4v) is 3.92. The fourth-order valence-electron chi connectivity index (χ4n) is 3.39. The van der Waals surface area contributed by atoms with Crippen LogP contribution in [0.5, 0.6) is 0 Å². The summed E-state index contributed by atoms with van der Waals surface area (Å²) < 4.78 is 6.84. The van der Waals surface area contributed by atoms with Gasteiger partial charge < -0.3 is 4.74 Å². The molecule has 0 bridgehead atoms. The van der Waals surface area contributed by atoms with Gasteiger partial charge in [0.25, 0.3) is 0 Å². The molecule has 2 saturated heterocycles. The van der Waals surface area contributed by atoms with Crippen LogP contribution in [0.1, 0.15) is 37.7 Å². The van der Waals surface area contributed by atoms with Gasteiger partial charge in [-0.15, -0.1) is 0 Å². The summed E-state index contributed by atoms with van der Waals surface area (Å²) in [4.78, 5) is 24.2. The van der Waals surface area contributed by atoms with E-state index in [9.17, 15) is 9.59 Å². The van der Waals surface area contributed by atoms with E-state index in [0.29, 0.717) is 6.42 Å². The second-order valence-electron chi connectivity index (χ2n) is 5.84. The highest BCUT2D eigenvalue weighted by Gasteiger charge is 2.44. The van der Waals surface area contributed by atoms with Crippen LogP contribution in [-0.4, -0.2) is 24.0 Å². The maximum atomic E-state index is 12.4. The molecule has 0 spiro atoms. The number of imide groups is 1. The van der Waals surface area contributed by atoms with Crippen molar-refractivity contribution in [2.24, 2.45) is 5.92 Å². The van der Waals surface area contributed by atoms with Gasteiger partial charge in [-0.1, -0.05) is 34.1 Å². The zero-order valence-electron chi connectivity index (χ0n) is 11.8. The van der Waals surface area contributed by atoms with Crippen LogP contribution in [0.25, 0.3) is 0 Å². The molecule has 1 aromatic carbocycles. The van der Waals surface area contributed by atoms with E-state index >= 15 is 0 Å². The van der Waals surface area contributed by atoms with Crippen LogP contribution in [0.2, 0.25) is 0 Å². The maximum absolute atomic E-state index is 12.4. The van der Waals surface area contributed by atoms with Gasteiger partial charge in [0, 0.05) is 16.8 Å². The van der Waals surface area contributed by atoms with Crippen molar-refractivity contribution in [1.82, 2.24) is 5.32 Å². The second kappa shape index (κ2) is 5.89. The van der Waals surface area contributed by atoms with Gasteiger partial charge in [0.05, 0.1) is 18.1 Å². The molecule has 0 aromatic heterocycles. The molecule has 1 aromatic rings. The van der Waals surface area contributed by atoms with Crippen LogP contribution in [-0.2, 0) is 14.3 Å². The molecule has 3 rings (SSSR count). The Labute approximate surface area is 132 Å². The first-order chi connectivity index (χ1) is 10.1. The number of rotatable bonds is 2. The van der Waals surface area contributed by atoms with Gasteiger partial charge in [0.1, 0.15) is 0 Å². The first-order valence-electron chi connectivity index (χ1n) is 7.30. The highest BCUT2D eigenvalue weighted by Crippen LogP contribution is 2.41. The Morgan fingerprint density at radius 3 is 2.67 bits per heavy atom. The molecule has 4 nitrogen and oxygen atoms in total. The van der Waals surface area contributed by atoms with Crippen LogP contribution >= 0.6 is 15.9 Å². The Morgan fingerprint density at radius 2 is 2.00 bits per heavy atom. The molecule has 2 fully saturated rings. The van der Waals surface area contributed by atoms with Gasteiger partial charge in [0.2, 0.25) is 11.8 Å². The summed E-state index contributed by atoms with van der Waals surface area (Å²) in [6, 6.07) is 7.70. The van der Waals surface area contributed by atoms with E-state index in [4.69, 9.17) is 4.74 Å². The van der Waals surface area contributed by atoms with Crippen LogP contribution in [0, 0.1) is 5.92 Å². The third-order valence-corrected chi connectivity index (χ3v) is 5.10. The SMILES string of the molecule is CC1CCC(C2CC(=O)NC(=O)C2c2ccccc2Br)O1. The van der Waals surface area contributed by atoms with E-state index in [-0.39, 0.29) is 35.9 Å². The maximum Gasteiger partial charge on any atom is 0.234 e. The molecule has 2 aliphatic rings. The zero-order valence-corrected chi connectivity index (χ0v) is 13.4. The number of benzene rings is 1. The Bertz CT molecular complexity index is 574. The minimum Gasteiger partial charge on any atom is -0.375 e. The number of halogens is 1. The van der Waals surface area contributed by atoms with E-state index in [1.54, 1.807) is 0 Å². The lowest BCUT2D eigenvalue weighted by molar-refractivity contribution is -0.139. The summed E-state index contributed by atoms with van der Waals surface area (Å²) >= 11 is 3.52. The van der Waals surface area contributed by atoms with Gasteiger partial charge in [-0.2, -0.15) is 0 Å². The van der Waals surface area contributed by atoms with Crippen LogP contribution in [0.15, 0.2) is 28.7 Å². The molecule has 1 N–H and O–H groups in total. The van der Waals surface area contributed by atoms with Crippen molar-refractivity contribution < 1.29 is 14.3 Å². The molecule has 0 radical (unpaired) electrons. The molecule has 5 heteroatoms. The van der Waals surface area contributed by atoms with E-state index < -0.39 is 0 Å². The normalized spacial score (nSPS) is 33.0. The Morgan fingerprint density at radius 1 is 1.24 bits per heavy atom. The number of carbonyl (C=O) groups excluding carboxylic acids is 2. The smallest absolute Gasteiger partial charge is 0.234 e. The lowest BCUT2D eigenvalue weighted by Gasteiger charge is -2.34. The van der Waals surface area contributed by atoms with Gasteiger partial charge >= 0.3 is 0 Å². The Kier molecular flexibility index (Phi) is 4.13. The molecule has 0 aliphatic carbocycles. The van der Waals surface area contributed by atoms with Crippen molar-refractivity contribution >= 4 is 27.7 Å². The largest absolute Gasteiger partial charge is 0.375 e. The van der Waals surface area contributed by atoms with E-state index in [1.807, 2.05) is 31.2 Å². The number of hydrogen-bond acceptors (Lipinski definition) is 3. The predicted molar refractivity (Wildman–Crippen MR) is 81.7 cm³/mol. The Balaban J connectivity index is 1.95. The average Bonchev–Trinajstić information content (AvgIpc) is 2.86. The molecule has 0 saturated carbocycles. The quantitative estimate of drug-likeness (QED) is 0.833. The molecule has 21 heavy (non-hydrogen) atoms. The second-order valence-corrected chi connectivity index (χ2v) is 6.70. The first-order valence-corrected chi connectivity index (χ1v) is 8.09. The Hall–Kier alpha value is -1.20. The molecular weight excluding hydrogens is 334 g/mol. The summed E-state index contributed by atoms with van der Waals surface area (Å²) in [6.07, 6.45) is 2.42. The van der Waals surface area contributed by atoms with Gasteiger partial charge in [-0.05, 0) is 31.4 Å². The monoisotopic (exact) mass is 351 g/mol. The van der Waals surface area contributed by atoms with Crippen molar-refractivity contribution in [3.8, 4) is 0 Å². The van der Waals surface area contributed by atoms with Crippen LogP contribution in [0.4, 0.5) is 0 Å². The third-order valence-electron chi connectivity index (χ3n) is 4.38. The summed E-state index contributed by atoms with van der Waals surface area (Å²) in [5, 5.41) is 2.47. The number of carbonyl (C=O) groups is 2. The highest BCUT2D eigenvalue weighted by molar-refractivity contribution is 9.10. The molecule has 2 aliphatic heterocycles. The van der Waals surface area contributed by atoms with Crippen molar-refractivity contribution in [3.63, 3.8) is 0 Å². The van der Waals surface area contributed by atoms with Crippen molar-refractivity contribution in [2.75, 3.05) is 0 Å². The molecule has 112 valence electrons. The lowest BCUT2D eigenvalue weighted by atomic mass is 9.76. The van der Waals surface area contributed by atoms with E-state index in [2.05, 4.69) is 21.2 Å². The molecule has 2 heterocycles. The summed E-state index contributed by atoms with van der Waals surface area (Å²) in [6.45, 7) is 2.04. The van der Waals surface area contributed by atoms with E-state index in [1.165, 1.54) is 0 Å². The molecular formula is C16H18BrNO3. The van der Waals surface area contributed by atoms with Crippen LogP contribution < -0.4 is 5.32 Å². The van der Waals surface area contributed by atoms with Crippen molar-refractivity contribution in [3.05, 3.63) is 34.3 Å². The van der Waals surface area contributed by atoms with Gasteiger partial charge in [-0.25, -0.2) is 0 Å². The van der Waals surface area contributed by atoms with Gasteiger partial charge in [-0.3, -0.25) is 14.9 Å². The molecule has 4 atom stereocenters.